The fourth-order valence-electron chi connectivity index (χ4n) is 5.39. The van der Waals surface area contributed by atoms with Crippen LogP contribution in [0.3, 0.4) is 0 Å². The van der Waals surface area contributed by atoms with Gasteiger partial charge in [-0.1, -0.05) is 18.7 Å². The molecule has 4 aromatic rings. The van der Waals surface area contributed by atoms with Crippen molar-refractivity contribution < 1.29 is 9.53 Å². The van der Waals surface area contributed by atoms with Crippen LogP contribution >= 0.6 is 0 Å². The molecule has 1 saturated heterocycles. The lowest BCUT2D eigenvalue weighted by Crippen LogP contribution is -2.43. The highest BCUT2D eigenvalue weighted by molar-refractivity contribution is 6.05. The summed E-state index contributed by atoms with van der Waals surface area (Å²) < 4.78 is 7.06. The maximum absolute atomic E-state index is 14.2. The maximum atomic E-state index is 14.2. The van der Waals surface area contributed by atoms with E-state index in [2.05, 4.69) is 21.4 Å². The molecule has 2 aromatic heterocycles. The van der Waals surface area contributed by atoms with Crippen molar-refractivity contribution in [1.82, 2.24) is 14.5 Å². The number of benzene rings is 2. The highest BCUT2D eigenvalue weighted by atomic mass is 16.5. The third-order valence-electron chi connectivity index (χ3n) is 7.28. The van der Waals surface area contributed by atoms with Crippen molar-refractivity contribution in [3.8, 4) is 5.69 Å². The summed E-state index contributed by atoms with van der Waals surface area (Å²) in [4.78, 5) is 41.5. The van der Waals surface area contributed by atoms with E-state index in [4.69, 9.17) is 10.5 Å². The molecule has 10 heteroatoms. The number of amides is 1. The fourth-order valence-corrected chi connectivity index (χ4v) is 5.39. The quantitative estimate of drug-likeness (QED) is 0.406. The molecule has 0 atom stereocenters. The van der Waals surface area contributed by atoms with Crippen LogP contribution in [-0.2, 0) is 9.53 Å². The van der Waals surface area contributed by atoms with Gasteiger partial charge in [-0.05, 0) is 55.0 Å². The van der Waals surface area contributed by atoms with Crippen molar-refractivity contribution >= 4 is 45.6 Å². The number of nitrogens with zero attached hydrogens (tertiary/aromatic N) is 6. The van der Waals surface area contributed by atoms with E-state index in [9.17, 15) is 9.59 Å². The summed E-state index contributed by atoms with van der Waals surface area (Å²) in [5.41, 5.74) is 10.8. The van der Waals surface area contributed by atoms with Crippen LogP contribution in [0.15, 0.2) is 72.2 Å². The fraction of sp³-hybridized carbons (Fsp3) is 0.241. The van der Waals surface area contributed by atoms with E-state index in [1.54, 1.807) is 21.7 Å². The summed E-state index contributed by atoms with van der Waals surface area (Å²) in [7, 11) is 0. The average molecular weight is 524 g/mol. The molecule has 2 aliphatic heterocycles. The van der Waals surface area contributed by atoms with Crippen LogP contribution in [-0.4, -0.2) is 59.8 Å². The summed E-state index contributed by atoms with van der Waals surface area (Å²) in [6.45, 7) is 9.48. The lowest BCUT2D eigenvalue weighted by atomic mass is 10.1. The van der Waals surface area contributed by atoms with E-state index >= 15 is 0 Å². The van der Waals surface area contributed by atoms with Gasteiger partial charge < -0.3 is 25.2 Å². The molecule has 0 aliphatic carbocycles. The minimum Gasteiger partial charge on any atom is -0.378 e. The van der Waals surface area contributed by atoms with Crippen molar-refractivity contribution in [1.29, 1.82) is 0 Å². The summed E-state index contributed by atoms with van der Waals surface area (Å²) in [6.07, 6.45) is 2.95. The van der Waals surface area contributed by atoms with Crippen molar-refractivity contribution in [2.75, 3.05) is 59.8 Å². The number of morpholine rings is 1. The van der Waals surface area contributed by atoms with Gasteiger partial charge >= 0.3 is 0 Å². The number of carbonyl (C=O) groups is 1. The first-order chi connectivity index (χ1) is 19.0. The first kappa shape index (κ1) is 24.6. The van der Waals surface area contributed by atoms with Crippen molar-refractivity contribution in [2.45, 2.75) is 6.92 Å². The Balaban J connectivity index is 1.51. The maximum Gasteiger partial charge on any atom is 0.280 e. The molecule has 2 aliphatic rings. The number of pyridine rings is 1. The predicted octanol–water partition coefficient (Wildman–Crippen LogP) is 3.18. The monoisotopic (exact) mass is 523 g/mol. The number of nitrogen functional groups attached to an aromatic ring is 1. The van der Waals surface area contributed by atoms with Crippen LogP contribution in [0.5, 0.6) is 0 Å². The third-order valence-corrected chi connectivity index (χ3v) is 7.28. The van der Waals surface area contributed by atoms with E-state index in [1.165, 1.54) is 6.08 Å². The molecule has 6 rings (SSSR count). The van der Waals surface area contributed by atoms with Gasteiger partial charge in [-0.3, -0.25) is 14.2 Å². The second-order valence-electron chi connectivity index (χ2n) is 9.58. The number of hydrogen-bond acceptors (Lipinski definition) is 8. The standard InChI is InChI=1S/C29H29N7O3/c1-3-25(37)35-12-11-34(23-6-4-5-19(2)26(23)35)24-17-20-18-31-29(30)32-27(20)36(28(24)38)22-9-7-21(8-10-22)33-13-15-39-16-14-33/h3-10,17-18H,1,11-16H2,2H3,(H2,30,31,32). The van der Waals surface area contributed by atoms with Crippen LogP contribution in [0.4, 0.5) is 28.7 Å². The van der Waals surface area contributed by atoms with Gasteiger partial charge in [0.05, 0.1) is 30.3 Å². The zero-order valence-electron chi connectivity index (χ0n) is 21.7. The second-order valence-corrected chi connectivity index (χ2v) is 9.58. The lowest BCUT2D eigenvalue weighted by molar-refractivity contribution is -0.114. The molecule has 10 nitrogen and oxygen atoms in total. The highest BCUT2D eigenvalue weighted by Gasteiger charge is 2.30. The van der Waals surface area contributed by atoms with E-state index < -0.39 is 0 Å². The van der Waals surface area contributed by atoms with Gasteiger partial charge in [-0.2, -0.15) is 4.98 Å². The highest BCUT2D eigenvalue weighted by Crippen LogP contribution is 2.39. The average Bonchev–Trinajstić information content (AvgIpc) is 2.97. The Morgan fingerprint density at radius 2 is 1.77 bits per heavy atom. The topological polar surface area (TPSA) is 110 Å². The molecule has 4 heterocycles. The number of aromatic nitrogens is 3. The van der Waals surface area contributed by atoms with Crippen LogP contribution < -0.4 is 26.0 Å². The number of fused-ring (bicyclic) bond motifs is 2. The SMILES string of the molecule is C=CC(=O)N1CCN(c2cc3cnc(N)nc3n(-c3ccc(N4CCOCC4)cc3)c2=O)c2cccc(C)c21. The smallest absolute Gasteiger partial charge is 0.280 e. The molecule has 0 bridgehead atoms. The van der Waals surface area contributed by atoms with E-state index in [-0.39, 0.29) is 17.4 Å². The van der Waals surface area contributed by atoms with Gasteiger partial charge in [0.2, 0.25) is 5.95 Å². The van der Waals surface area contributed by atoms with Gasteiger partial charge in [0.25, 0.3) is 11.5 Å². The molecule has 198 valence electrons. The number of para-hydroxylation sites is 1. The summed E-state index contributed by atoms with van der Waals surface area (Å²) in [5, 5.41) is 0.676. The van der Waals surface area contributed by atoms with Gasteiger partial charge in [-0.25, -0.2) is 4.98 Å². The minimum absolute atomic E-state index is 0.0888. The molecule has 0 saturated carbocycles. The Kier molecular flexibility index (Phi) is 6.24. The minimum atomic E-state index is -0.240. The predicted molar refractivity (Wildman–Crippen MR) is 153 cm³/mol. The third kappa shape index (κ3) is 4.28. The first-order valence-corrected chi connectivity index (χ1v) is 12.9. The second kappa shape index (κ2) is 9.88. The largest absolute Gasteiger partial charge is 0.378 e. The molecule has 39 heavy (non-hydrogen) atoms. The molecule has 2 aromatic carbocycles. The van der Waals surface area contributed by atoms with Crippen LogP contribution in [0.1, 0.15) is 5.56 Å². The number of anilines is 5. The molecule has 0 spiro atoms. The molecule has 0 radical (unpaired) electrons. The number of ether oxygens (including phenoxy) is 1. The van der Waals surface area contributed by atoms with Gasteiger partial charge in [0.1, 0.15) is 5.69 Å². The number of carbonyl (C=O) groups excluding carboxylic acids is 1. The van der Waals surface area contributed by atoms with E-state index in [0.717, 1.165) is 35.7 Å². The Bertz CT molecular complexity index is 1640. The Hall–Kier alpha value is -4.70. The lowest BCUT2D eigenvalue weighted by Gasteiger charge is -2.38. The summed E-state index contributed by atoms with van der Waals surface area (Å²) in [6, 6.07) is 15.5. The molecular weight excluding hydrogens is 494 g/mol. The number of hydrogen-bond donors (Lipinski definition) is 1. The molecule has 2 N–H and O–H groups in total. The number of aryl methyl sites for hydroxylation is 1. The Morgan fingerprint density at radius 3 is 2.51 bits per heavy atom. The van der Waals surface area contributed by atoms with E-state index in [0.29, 0.717) is 48.7 Å². The molecule has 0 unspecified atom stereocenters. The van der Waals surface area contributed by atoms with Gasteiger partial charge in [0, 0.05) is 43.4 Å². The van der Waals surface area contributed by atoms with Gasteiger partial charge in [0.15, 0.2) is 5.65 Å². The molecule has 1 fully saturated rings. The number of nitrogens with two attached hydrogens (primary N) is 1. The normalized spacial score (nSPS) is 15.4. The van der Waals surface area contributed by atoms with Crippen molar-refractivity contribution in [3.63, 3.8) is 0 Å². The Labute approximate surface area is 225 Å². The summed E-state index contributed by atoms with van der Waals surface area (Å²) >= 11 is 0. The Morgan fingerprint density at radius 1 is 1.03 bits per heavy atom. The van der Waals surface area contributed by atoms with Crippen LogP contribution in [0.2, 0.25) is 0 Å². The van der Waals surface area contributed by atoms with Crippen molar-refractivity contribution in [3.05, 3.63) is 83.3 Å². The molecule has 1 amide bonds. The van der Waals surface area contributed by atoms with Crippen LogP contribution in [0.25, 0.3) is 16.7 Å². The zero-order valence-corrected chi connectivity index (χ0v) is 21.7. The van der Waals surface area contributed by atoms with Crippen molar-refractivity contribution in [2.24, 2.45) is 0 Å². The number of rotatable bonds is 4. The van der Waals surface area contributed by atoms with Gasteiger partial charge in [-0.15, -0.1) is 0 Å². The first-order valence-electron chi connectivity index (χ1n) is 12.9. The zero-order chi connectivity index (χ0) is 27.1. The summed E-state index contributed by atoms with van der Waals surface area (Å²) in [5.74, 6) is -0.0868. The van der Waals surface area contributed by atoms with Crippen LogP contribution in [0, 0.1) is 6.92 Å². The molecular formula is C29H29N7O3. The van der Waals surface area contributed by atoms with E-state index in [1.807, 2.05) is 54.3 Å².